The largest absolute Gasteiger partial charge is 0.480 e. The number of nitrogens with two attached hydrogens (primary N) is 1. The van der Waals surface area contributed by atoms with Crippen molar-refractivity contribution in [2.24, 2.45) is 10.7 Å². The fraction of sp³-hybridized carbons (Fsp3) is 0.444. The van der Waals surface area contributed by atoms with Crippen LogP contribution < -0.4 is 5.73 Å². The van der Waals surface area contributed by atoms with E-state index >= 15 is 0 Å². The number of aliphatic imine (C=N–C) groups is 1. The molecule has 1 heterocycles. The van der Waals surface area contributed by atoms with Gasteiger partial charge in [0.15, 0.2) is 0 Å². The maximum absolute atomic E-state index is 10.4. The van der Waals surface area contributed by atoms with Gasteiger partial charge in [0.25, 0.3) is 0 Å². The first-order chi connectivity index (χ1) is 6.59. The Labute approximate surface area is 82.2 Å². The van der Waals surface area contributed by atoms with Gasteiger partial charge in [-0.3, -0.25) is 4.79 Å². The van der Waals surface area contributed by atoms with E-state index in [-0.39, 0.29) is 0 Å². The Kier molecular flexibility index (Phi) is 3.45. The summed E-state index contributed by atoms with van der Waals surface area (Å²) >= 11 is 0. The zero-order valence-corrected chi connectivity index (χ0v) is 7.97. The second-order valence-corrected chi connectivity index (χ2v) is 3.11. The molecule has 1 unspecified atom stereocenters. The quantitative estimate of drug-likeness (QED) is 0.626. The molecule has 1 aliphatic heterocycles. The minimum absolute atomic E-state index is 0.382. The Balaban J connectivity index is 2.44. The lowest BCUT2D eigenvalue weighted by molar-refractivity contribution is -0.138. The summed E-state index contributed by atoms with van der Waals surface area (Å²) in [6, 6.07) is -0.820. The molecule has 5 heteroatoms. The van der Waals surface area contributed by atoms with E-state index in [1.165, 1.54) is 0 Å². The summed E-state index contributed by atoms with van der Waals surface area (Å²) in [6.07, 6.45) is 4.31. The molecule has 0 aromatic rings. The Morgan fingerprint density at radius 1 is 1.86 bits per heavy atom. The highest BCUT2D eigenvalue weighted by atomic mass is 16.4. The number of hydrogen-bond acceptors (Lipinski definition) is 4. The minimum atomic E-state index is -0.980. The topological polar surface area (TPSA) is 78.9 Å². The molecule has 0 saturated carbocycles. The molecule has 0 spiro atoms. The van der Waals surface area contributed by atoms with Gasteiger partial charge in [0.05, 0.1) is 12.0 Å². The van der Waals surface area contributed by atoms with E-state index in [9.17, 15) is 4.79 Å². The fourth-order valence-corrected chi connectivity index (χ4v) is 0.960. The molecule has 0 amide bonds. The molecule has 3 N–H and O–H groups in total. The minimum Gasteiger partial charge on any atom is -0.480 e. The Morgan fingerprint density at radius 2 is 2.57 bits per heavy atom. The summed E-state index contributed by atoms with van der Waals surface area (Å²) in [6.45, 7) is 0. The molecule has 0 aromatic carbocycles. The first kappa shape index (κ1) is 10.5. The SMILES string of the molecule is CN1C=C=C(CCC(N)C(=O)O)N=C1. The standard InChI is InChI=1S/C9H13N3O2/c1-12-5-4-7(11-6-12)2-3-8(10)9(13)14/h5-6,8H,2-3,10H2,1H3,(H,13,14). The fourth-order valence-electron chi connectivity index (χ4n) is 0.960. The average molecular weight is 195 g/mol. The van der Waals surface area contributed by atoms with Gasteiger partial charge >= 0.3 is 5.97 Å². The summed E-state index contributed by atoms with van der Waals surface area (Å²) in [7, 11) is 1.84. The van der Waals surface area contributed by atoms with Crippen LogP contribution >= 0.6 is 0 Å². The predicted octanol–water partition coefficient (Wildman–Crippen LogP) is 0.149. The molecule has 14 heavy (non-hydrogen) atoms. The van der Waals surface area contributed by atoms with Crippen LogP contribution in [0.4, 0.5) is 0 Å². The molecular weight excluding hydrogens is 182 g/mol. The maximum atomic E-state index is 10.4. The van der Waals surface area contributed by atoms with Gasteiger partial charge < -0.3 is 15.7 Å². The number of nitrogens with zero attached hydrogens (tertiary/aromatic N) is 2. The van der Waals surface area contributed by atoms with Crippen molar-refractivity contribution in [1.82, 2.24) is 4.90 Å². The second kappa shape index (κ2) is 4.60. The molecule has 1 atom stereocenters. The lowest BCUT2D eigenvalue weighted by Gasteiger charge is -2.10. The van der Waals surface area contributed by atoms with Crippen molar-refractivity contribution in [2.45, 2.75) is 18.9 Å². The molecule has 0 bridgehead atoms. The van der Waals surface area contributed by atoms with Crippen molar-refractivity contribution in [3.8, 4) is 0 Å². The van der Waals surface area contributed by atoms with Crippen molar-refractivity contribution >= 4 is 12.3 Å². The van der Waals surface area contributed by atoms with Crippen molar-refractivity contribution in [2.75, 3.05) is 7.05 Å². The third-order valence-corrected chi connectivity index (χ3v) is 1.84. The number of carbonyl (C=O) groups is 1. The highest BCUT2D eigenvalue weighted by Gasteiger charge is 2.11. The van der Waals surface area contributed by atoms with Crippen LogP contribution in [0.3, 0.4) is 0 Å². The summed E-state index contributed by atoms with van der Waals surface area (Å²) < 4.78 is 0. The Morgan fingerprint density at radius 3 is 3.07 bits per heavy atom. The smallest absolute Gasteiger partial charge is 0.320 e. The number of allylic oxidation sites excluding steroid dienone is 1. The zero-order chi connectivity index (χ0) is 10.6. The number of hydrogen-bond donors (Lipinski definition) is 2. The maximum Gasteiger partial charge on any atom is 0.320 e. The van der Waals surface area contributed by atoms with Crippen LogP contribution in [0.1, 0.15) is 12.8 Å². The summed E-state index contributed by atoms with van der Waals surface area (Å²) in [5.74, 6) is -0.980. The van der Waals surface area contributed by atoms with Crippen LogP contribution in [0.2, 0.25) is 0 Å². The van der Waals surface area contributed by atoms with Gasteiger partial charge in [0.1, 0.15) is 6.04 Å². The van der Waals surface area contributed by atoms with Crippen LogP contribution in [-0.2, 0) is 4.79 Å². The zero-order valence-electron chi connectivity index (χ0n) is 7.97. The van der Waals surface area contributed by atoms with Crippen molar-refractivity contribution in [3.63, 3.8) is 0 Å². The van der Waals surface area contributed by atoms with E-state index < -0.39 is 12.0 Å². The van der Waals surface area contributed by atoms with E-state index in [0.29, 0.717) is 12.8 Å². The molecule has 0 fully saturated rings. The number of carboxylic acids is 1. The van der Waals surface area contributed by atoms with E-state index in [1.807, 2.05) is 7.05 Å². The lowest BCUT2D eigenvalue weighted by atomic mass is 10.1. The van der Waals surface area contributed by atoms with E-state index in [4.69, 9.17) is 10.8 Å². The van der Waals surface area contributed by atoms with E-state index in [2.05, 4.69) is 10.7 Å². The van der Waals surface area contributed by atoms with Crippen LogP contribution in [0, 0.1) is 0 Å². The number of aliphatic carboxylic acids is 1. The normalized spacial score (nSPS) is 16.7. The molecule has 5 nitrogen and oxygen atoms in total. The van der Waals surface area contributed by atoms with Gasteiger partial charge in [-0.15, -0.1) is 0 Å². The van der Waals surface area contributed by atoms with Gasteiger partial charge in [0, 0.05) is 13.2 Å². The molecule has 1 aliphatic rings. The van der Waals surface area contributed by atoms with Gasteiger partial charge in [-0.1, -0.05) is 5.73 Å². The molecule has 0 aliphatic carbocycles. The molecule has 0 radical (unpaired) electrons. The van der Waals surface area contributed by atoms with Crippen molar-refractivity contribution in [1.29, 1.82) is 0 Å². The Bertz CT molecular complexity index is 316. The van der Waals surface area contributed by atoms with Crippen molar-refractivity contribution in [3.05, 3.63) is 17.6 Å². The molecule has 1 rings (SSSR count). The first-order valence-corrected chi connectivity index (χ1v) is 4.30. The highest BCUT2D eigenvalue weighted by molar-refractivity contribution is 5.73. The Hall–Kier alpha value is -1.58. The molecular formula is C9H13N3O2. The first-order valence-electron chi connectivity index (χ1n) is 4.30. The summed E-state index contributed by atoms with van der Waals surface area (Å²) in [5.41, 5.74) is 9.02. The van der Waals surface area contributed by atoms with Gasteiger partial charge in [0.2, 0.25) is 0 Å². The van der Waals surface area contributed by atoms with Gasteiger partial charge in [-0.05, 0) is 12.8 Å². The summed E-state index contributed by atoms with van der Waals surface area (Å²) in [4.78, 5) is 16.2. The van der Waals surface area contributed by atoms with Crippen LogP contribution in [0.25, 0.3) is 0 Å². The predicted molar refractivity (Wildman–Crippen MR) is 52.7 cm³/mol. The van der Waals surface area contributed by atoms with E-state index in [0.717, 1.165) is 5.70 Å². The van der Waals surface area contributed by atoms with Gasteiger partial charge in [-0.2, -0.15) is 0 Å². The lowest BCUT2D eigenvalue weighted by Crippen LogP contribution is -2.29. The molecule has 0 saturated heterocycles. The van der Waals surface area contributed by atoms with Crippen LogP contribution in [0.15, 0.2) is 22.6 Å². The van der Waals surface area contributed by atoms with E-state index in [1.54, 1.807) is 17.4 Å². The number of rotatable bonds is 4. The number of carboxylic acid groups (broad SMARTS) is 1. The highest BCUT2D eigenvalue weighted by Crippen LogP contribution is 2.09. The molecule has 0 aromatic heterocycles. The summed E-state index contributed by atoms with van der Waals surface area (Å²) in [5, 5.41) is 8.54. The van der Waals surface area contributed by atoms with Crippen LogP contribution in [-0.4, -0.2) is 35.4 Å². The average Bonchev–Trinajstić information content (AvgIpc) is 2.16. The monoisotopic (exact) mass is 195 g/mol. The third kappa shape index (κ3) is 3.05. The van der Waals surface area contributed by atoms with Crippen LogP contribution in [0.5, 0.6) is 0 Å². The second-order valence-electron chi connectivity index (χ2n) is 3.11. The van der Waals surface area contributed by atoms with Crippen molar-refractivity contribution < 1.29 is 9.90 Å². The van der Waals surface area contributed by atoms with Gasteiger partial charge in [-0.25, -0.2) is 4.99 Å². The molecule has 76 valence electrons. The third-order valence-electron chi connectivity index (χ3n) is 1.84.